The summed E-state index contributed by atoms with van der Waals surface area (Å²) in [4.78, 5) is 11.6. The van der Waals surface area contributed by atoms with Crippen LogP contribution in [-0.4, -0.2) is 18.5 Å². The number of hydrogen-bond acceptors (Lipinski definition) is 2. The number of benzene rings is 1. The van der Waals surface area contributed by atoms with Crippen molar-refractivity contribution in [1.82, 2.24) is 5.32 Å². The molecule has 0 saturated carbocycles. The van der Waals surface area contributed by atoms with Gasteiger partial charge in [0.05, 0.1) is 10.7 Å². The Morgan fingerprint density at radius 3 is 2.94 bits per heavy atom. The van der Waals surface area contributed by atoms with Gasteiger partial charge < -0.3 is 10.6 Å². The molecule has 1 atom stereocenters. The smallest absolute Gasteiger partial charge is 0.242 e. The number of amides is 1. The zero-order chi connectivity index (χ0) is 12.8. The maximum atomic E-state index is 11.6. The van der Waals surface area contributed by atoms with Crippen LogP contribution < -0.4 is 10.6 Å². The average molecular weight is 365 g/mol. The zero-order valence-electron chi connectivity index (χ0n) is 9.47. The van der Waals surface area contributed by atoms with Gasteiger partial charge >= 0.3 is 0 Å². The SMILES string of the molecule is C=CCNC(=O)C(C)Nc1ccc(I)cc1Cl. The molecule has 3 nitrogen and oxygen atoms in total. The highest BCUT2D eigenvalue weighted by molar-refractivity contribution is 14.1. The molecule has 2 N–H and O–H groups in total. The van der Waals surface area contributed by atoms with E-state index in [1.165, 1.54) is 0 Å². The van der Waals surface area contributed by atoms with Crippen LogP contribution in [0.2, 0.25) is 5.02 Å². The summed E-state index contributed by atoms with van der Waals surface area (Å²) in [5, 5.41) is 6.39. The van der Waals surface area contributed by atoms with E-state index in [1.54, 1.807) is 13.0 Å². The summed E-state index contributed by atoms with van der Waals surface area (Å²) in [6.07, 6.45) is 1.64. The first-order valence-electron chi connectivity index (χ1n) is 5.14. The van der Waals surface area contributed by atoms with Gasteiger partial charge in [0.2, 0.25) is 5.91 Å². The first-order valence-corrected chi connectivity index (χ1v) is 6.60. The number of carbonyl (C=O) groups is 1. The first-order chi connectivity index (χ1) is 8.04. The van der Waals surface area contributed by atoms with Crippen LogP contribution >= 0.6 is 34.2 Å². The molecule has 0 aromatic heterocycles. The van der Waals surface area contributed by atoms with Gasteiger partial charge in [-0.1, -0.05) is 17.7 Å². The molecule has 0 saturated heterocycles. The van der Waals surface area contributed by atoms with Crippen LogP contribution in [0.5, 0.6) is 0 Å². The van der Waals surface area contributed by atoms with Crippen molar-refractivity contribution in [2.45, 2.75) is 13.0 Å². The molecule has 0 fully saturated rings. The van der Waals surface area contributed by atoms with Crippen molar-refractivity contribution < 1.29 is 4.79 Å². The Morgan fingerprint density at radius 2 is 2.35 bits per heavy atom. The number of hydrogen-bond donors (Lipinski definition) is 2. The summed E-state index contributed by atoms with van der Waals surface area (Å²) in [6.45, 7) is 5.79. The van der Waals surface area contributed by atoms with Gasteiger partial charge in [-0.15, -0.1) is 6.58 Å². The van der Waals surface area contributed by atoms with Crippen molar-refractivity contribution in [1.29, 1.82) is 0 Å². The predicted molar refractivity (Wildman–Crippen MR) is 80.5 cm³/mol. The van der Waals surface area contributed by atoms with Crippen molar-refractivity contribution >= 4 is 45.8 Å². The van der Waals surface area contributed by atoms with E-state index in [0.717, 1.165) is 9.26 Å². The van der Waals surface area contributed by atoms with Crippen LogP contribution in [0.4, 0.5) is 5.69 Å². The fourth-order valence-electron chi connectivity index (χ4n) is 1.23. The average Bonchev–Trinajstić information content (AvgIpc) is 2.29. The number of anilines is 1. The third kappa shape index (κ3) is 4.55. The van der Waals surface area contributed by atoms with Crippen LogP contribution in [0.1, 0.15) is 6.92 Å². The molecule has 0 bridgehead atoms. The first kappa shape index (κ1) is 14.3. The van der Waals surface area contributed by atoms with Crippen LogP contribution in [0.3, 0.4) is 0 Å². The topological polar surface area (TPSA) is 41.1 Å². The fourth-order valence-corrected chi connectivity index (χ4v) is 2.14. The van der Waals surface area contributed by atoms with E-state index in [9.17, 15) is 4.79 Å². The maximum absolute atomic E-state index is 11.6. The molecule has 1 aromatic rings. The molecule has 1 amide bonds. The molecule has 0 radical (unpaired) electrons. The normalized spacial score (nSPS) is 11.7. The largest absolute Gasteiger partial charge is 0.373 e. The van der Waals surface area contributed by atoms with Gasteiger partial charge in [0.15, 0.2) is 0 Å². The molecule has 1 aromatic carbocycles. The Hall–Kier alpha value is -0.750. The lowest BCUT2D eigenvalue weighted by Crippen LogP contribution is -2.37. The summed E-state index contributed by atoms with van der Waals surface area (Å²) in [7, 11) is 0. The molecule has 0 heterocycles. The second-order valence-electron chi connectivity index (χ2n) is 3.52. The summed E-state index contributed by atoms with van der Waals surface area (Å²) < 4.78 is 1.06. The second-order valence-corrected chi connectivity index (χ2v) is 5.18. The van der Waals surface area contributed by atoms with Gasteiger partial charge in [0, 0.05) is 10.1 Å². The van der Waals surface area contributed by atoms with E-state index in [0.29, 0.717) is 11.6 Å². The van der Waals surface area contributed by atoms with E-state index in [2.05, 4.69) is 39.8 Å². The van der Waals surface area contributed by atoms with Gasteiger partial charge in [-0.2, -0.15) is 0 Å². The second kappa shape index (κ2) is 6.86. The summed E-state index contributed by atoms with van der Waals surface area (Å²) in [5.74, 6) is -0.0838. The van der Waals surface area contributed by atoms with Crippen LogP contribution in [-0.2, 0) is 4.79 Å². The number of carbonyl (C=O) groups excluding carboxylic acids is 1. The van der Waals surface area contributed by atoms with E-state index in [-0.39, 0.29) is 11.9 Å². The highest BCUT2D eigenvalue weighted by Gasteiger charge is 2.12. The third-order valence-electron chi connectivity index (χ3n) is 2.12. The van der Waals surface area contributed by atoms with E-state index in [1.807, 2.05) is 18.2 Å². The van der Waals surface area contributed by atoms with E-state index < -0.39 is 0 Å². The van der Waals surface area contributed by atoms with Gasteiger partial charge in [0.25, 0.3) is 0 Å². The summed E-state index contributed by atoms with van der Waals surface area (Å²) >= 11 is 8.25. The third-order valence-corrected chi connectivity index (χ3v) is 3.10. The molecule has 0 aliphatic carbocycles. The van der Waals surface area contributed by atoms with Crippen LogP contribution in [0.15, 0.2) is 30.9 Å². The number of halogens is 2. The van der Waals surface area contributed by atoms with Crippen molar-refractivity contribution in [3.05, 3.63) is 39.4 Å². The van der Waals surface area contributed by atoms with Gasteiger partial charge in [-0.05, 0) is 47.7 Å². The zero-order valence-corrected chi connectivity index (χ0v) is 12.4. The monoisotopic (exact) mass is 364 g/mol. The maximum Gasteiger partial charge on any atom is 0.242 e. The Bertz CT molecular complexity index is 423. The molecular weight excluding hydrogens is 351 g/mol. The number of nitrogens with one attached hydrogen (secondary N) is 2. The Kier molecular flexibility index (Phi) is 5.77. The van der Waals surface area contributed by atoms with Crippen molar-refractivity contribution in [2.24, 2.45) is 0 Å². The fraction of sp³-hybridized carbons (Fsp3) is 0.250. The molecular formula is C12H14ClIN2O. The Balaban J connectivity index is 2.64. The quantitative estimate of drug-likeness (QED) is 0.623. The molecule has 0 spiro atoms. The van der Waals surface area contributed by atoms with Crippen LogP contribution in [0, 0.1) is 3.57 Å². The van der Waals surface area contributed by atoms with Crippen molar-refractivity contribution in [3.63, 3.8) is 0 Å². The minimum Gasteiger partial charge on any atom is -0.373 e. The van der Waals surface area contributed by atoms with E-state index in [4.69, 9.17) is 11.6 Å². The van der Waals surface area contributed by atoms with Crippen molar-refractivity contribution in [2.75, 3.05) is 11.9 Å². The molecule has 0 aliphatic rings. The summed E-state index contributed by atoms with van der Waals surface area (Å²) in [6, 6.07) is 5.30. The summed E-state index contributed by atoms with van der Waals surface area (Å²) in [5.41, 5.74) is 0.758. The minimum atomic E-state index is -0.340. The highest BCUT2D eigenvalue weighted by Crippen LogP contribution is 2.24. The van der Waals surface area contributed by atoms with Gasteiger partial charge in [-0.3, -0.25) is 4.79 Å². The Labute approximate surface area is 120 Å². The molecule has 0 aliphatic heterocycles. The minimum absolute atomic E-state index is 0.0838. The predicted octanol–water partition coefficient (Wildman–Crippen LogP) is 3.05. The van der Waals surface area contributed by atoms with Crippen molar-refractivity contribution in [3.8, 4) is 0 Å². The van der Waals surface area contributed by atoms with Crippen LogP contribution in [0.25, 0.3) is 0 Å². The lowest BCUT2D eigenvalue weighted by molar-refractivity contribution is -0.121. The lowest BCUT2D eigenvalue weighted by Gasteiger charge is -2.15. The lowest BCUT2D eigenvalue weighted by atomic mass is 10.2. The standard InChI is InChI=1S/C12H14ClIN2O/c1-3-6-15-12(17)8(2)16-11-5-4-9(14)7-10(11)13/h3-5,7-8,16H,1,6H2,2H3,(H,15,17). The molecule has 1 unspecified atom stereocenters. The van der Waals surface area contributed by atoms with E-state index >= 15 is 0 Å². The van der Waals surface area contributed by atoms with Gasteiger partial charge in [-0.25, -0.2) is 0 Å². The molecule has 92 valence electrons. The molecule has 5 heteroatoms. The van der Waals surface area contributed by atoms with Gasteiger partial charge in [0.1, 0.15) is 6.04 Å². The molecule has 17 heavy (non-hydrogen) atoms. The highest BCUT2D eigenvalue weighted by atomic mass is 127. The molecule has 1 rings (SSSR count). The Morgan fingerprint density at radius 1 is 1.65 bits per heavy atom. The number of rotatable bonds is 5.